The Balaban J connectivity index is 1.81. The summed E-state index contributed by atoms with van der Waals surface area (Å²) in [6.07, 6.45) is 2.72. The van der Waals surface area contributed by atoms with Crippen molar-refractivity contribution < 1.29 is 9.59 Å². The molecular formula is C19H24N4O2. The molecule has 2 N–H and O–H groups in total. The van der Waals surface area contributed by atoms with Crippen LogP contribution in [0.2, 0.25) is 0 Å². The molecule has 0 spiro atoms. The number of nitrogens with zero attached hydrogens (tertiary/aromatic N) is 3. The van der Waals surface area contributed by atoms with Crippen molar-refractivity contribution in [2.75, 3.05) is 13.1 Å². The van der Waals surface area contributed by atoms with Crippen molar-refractivity contribution in [1.82, 2.24) is 14.7 Å². The predicted molar refractivity (Wildman–Crippen MR) is 95.7 cm³/mol. The molecule has 1 saturated heterocycles. The molecule has 132 valence electrons. The minimum absolute atomic E-state index is 0.0246. The number of hydrogen-bond acceptors (Lipinski definition) is 3. The summed E-state index contributed by atoms with van der Waals surface area (Å²) in [4.78, 5) is 26.3. The average Bonchev–Trinajstić information content (AvgIpc) is 2.99. The molecule has 6 nitrogen and oxygen atoms in total. The minimum atomic E-state index is -0.544. The van der Waals surface area contributed by atoms with E-state index >= 15 is 0 Å². The largest absolute Gasteiger partial charge is 0.365 e. The molecule has 2 aromatic rings. The number of nitrogens with two attached hydrogens (primary N) is 1. The van der Waals surface area contributed by atoms with E-state index in [-0.39, 0.29) is 12.5 Å². The molecule has 6 heteroatoms. The highest BCUT2D eigenvalue weighted by Gasteiger charge is 2.26. The van der Waals surface area contributed by atoms with E-state index in [0.717, 1.165) is 25.1 Å². The highest BCUT2D eigenvalue weighted by atomic mass is 16.2. The molecule has 25 heavy (non-hydrogen) atoms. The van der Waals surface area contributed by atoms with E-state index in [1.165, 1.54) is 4.68 Å². The summed E-state index contributed by atoms with van der Waals surface area (Å²) in [5.74, 6) is 0.493. The Bertz CT molecular complexity index is 759. The monoisotopic (exact) mass is 340 g/mol. The van der Waals surface area contributed by atoms with Gasteiger partial charge in [0.1, 0.15) is 12.2 Å². The van der Waals surface area contributed by atoms with Gasteiger partial charge in [-0.3, -0.25) is 14.3 Å². The lowest BCUT2D eigenvalue weighted by Crippen LogP contribution is -2.44. The second-order valence-electron chi connectivity index (χ2n) is 7.06. The van der Waals surface area contributed by atoms with Crippen molar-refractivity contribution in [3.63, 3.8) is 0 Å². The zero-order valence-corrected chi connectivity index (χ0v) is 14.7. The van der Waals surface area contributed by atoms with Crippen LogP contribution >= 0.6 is 0 Å². The van der Waals surface area contributed by atoms with Crippen LogP contribution in [-0.2, 0) is 11.3 Å². The standard InChI is InChI=1S/C19H24N4O2/c1-13-8-14(2)10-22(9-13)17(24)12-23-11-16(19(20)25)18(21-23)15-6-4-3-5-7-15/h3-7,11,13-14H,8-10,12H2,1-2H3,(H2,20,25). The summed E-state index contributed by atoms with van der Waals surface area (Å²) in [6, 6.07) is 9.39. The first-order chi connectivity index (χ1) is 11.9. The van der Waals surface area contributed by atoms with Gasteiger partial charge in [-0.15, -0.1) is 0 Å². The van der Waals surface area contributed by atoms with Crippen LogP contribution in [0.4, 0.5) is 0 Å². The van der Waals surface area contributed by atoms with E-state index < -0.39 is 5.91 Å². The molecule has 0 saturated carbocycles. The molecule has 0 radical (unpaired) electrons. The van der Waals surface area contributed by atoms with E-state index in [2.05, 4.69) is 18.9 Å². The van der Waals surface area contributed by atoms with Crippen LogP contribution in [0.5, 0.6) is 0 Å². The van der Waals surface area contributed by atoms with Gasteiger partial charge in [-0.2, -0.15) is 5.10 Å². The van der Waals surface area contributed by atoms with Crippen molar-refractivity contribution in [1.29, 1.82) is 0 Å². The second kappa shape index (κ2) is 7.09. The maximum atomic E-state index is 12.6. The lowest BCUT2D eigenvalue weighted by Gasteiger charge is -2.35. The van der Waals surface area contributed by atoms with Gasteiger partial charge in [0.25, 0.3) is 5.91 Å². The Morgan fingerprint density at radius 1 is 1.16 bits per heavy atom. The van der Waals surface area contributed by atoms with Crippen LogP contribution in [-0.4, -0.2) is 39.6 Å². The molecule has 3 rings (SSSR count). The molecule has 1 aliphatic heterocycles. The van der Waals surface area contributed by atoms with Crippen LogP contribution in [0, 0.1) is 11.8 Å². The quantitative estimate of drug-likeness (QED) is 0.926. The number of likely N-dealkylation sites (tertiary alicyclic amines) is 1. The molecule has 2 unspecified atom stereocenters. The molecule has 1 aromatic carbocycles. The third kappa shape index (κ3) is 3.90. The van der Waals surface area contributed by atoms with E-state index in [1.54, 1.807) is 6.20 Å². The van der Waals surface area contributed by atoms with E-state index in [4.69, 9.17) is 5.73 Å². The summed E-state index contributed by atoms with van der Waals surface area (Å²) in [7, 11) is 0. The lowest BCUT2D eigenvalue weighted by atomic mass is 9.92. The zero-order chi connectivity index (χ0) is 18.0. The average molecular weight is 340 g/mol. The van der Waals surface area contributed by atoms with E-state index in [9.17, 15) is 9.59 Å². The van der Waals surface area contributed by atoms with E-state index in [1.807, 2.05) is 35.2 Å². The van der Waals surface area contributed by atoms with Gasteiger partial charge in [0.05, 0.1) is 5.56 Å². The summed E-state index contributed by atoms with van der Waals surface area (Å²) in [5.41, 5.74) is 7.14. The van der Waals surface area contributed by atoms with Gasteiger partial charge in [0, 0.05) is 24.8 Å². The molecule has 0 bridgehead atoms. The van der Waals surface area contributed by atoms with Crippen LogP contribution in [0.25, 0.3) is 11.3 Å². The van der Waals surface area contributed by atoms with Gasteiger partial charge in [0.15, 0.2) is 0 Å². The normalized spacial score (nSPS) is 20.5. The van der Waals surface area contributed by atoms with Gasteiger partial charge >= 0.3 is 0 Å². The Hall–Kier alpha value is -2.63. The van der Waals surface area contributed by atoms with Crippen LogP contribution in [0.1, 0.15) is 30.6 Å². The molecule has 2 amide bonds. The maximum Gasteiger partial charge on any atom is 0.252 e. The minimum Gasteiger partial charge on any atom is -0.365 e. The number of amides is 2. The molecular weight excluding hydrogens is 316 g/mol. The third-order valence-electron chi connectivity index (χ3n) is 4.59. The van der Waals surface area contributed by atoms with Crippen molar-refractivity contribution in [3.05, 3.63) is 42.1 Å². The number of benzene rings is 1. The first kappa shape index (κ1) is 17.2. The fourth-order valence-electron chi connectivity index (χ4n) is 3.60. The molecule has 0 aliphatic carbocycles. The summed E-state index contributed by atoms with van der Waals surface area (Å²) in [5, 5.41) is 4.44. The maximum absolute atomic E-state index is 12.6. The number of hydrogen-bond donors (Lipinski definition) is 1. The fraction of sp³-hybridized carbons (Fsp3) is 0.421. The highest BCUT2D eigenvalue weighted by Crippen LogP contribution is 2.23. The van der Waals surface area contributed by atoms with Crippen LogP contribution < -0.4 is 5.73 Å². The zero-order valence-electron chi connectivity index (χ0n) is 14.7. The van der Waals surface area contributed by atoms with Crippen molar-refractivity contribution in [2.45, 2.75) is 26.8 Å². The van der Waals surface area contributed by atoms with Gasteiger partial charge in [-0.25, -0.2) is 0 Å². The molecule has 1 fully saturated rings. The predicted octanol–water partition coefficient (Wildman–Crippen LogP) is 2.15. The van der Waals surface area contributed by atoms with Crippen molar-refractivity contribution in [2.24, 2.45) is 17.6 Å². The molecule has 1 aromatic heterocycles. The number of primary amides is 1. The highest BCUT2D eigenvalue weighted by molar-refractivity contribution is 5.98. The summed E-state index contributed by atoms with van der Waals surface area (Å²) in [6.45, 7) is 6.01. The van der Waals surface area contributed by atoms with E-state index in [0.29, 0.717) is 23.1 Å². The number of piperidine rings is 1. The molecule has 1 aliphatic rings. The van der Waals surface area contributed by atoms with Crippen molar-refractivity contribution in [3.8, 4) is 11.3 Å². The number of carbonyl (C=O) groups excluding carboxylic acids is 2. The number of rotatable bonds is 4. The number of aromatic nitrogens is 2. The first-order valence-corrected chi connectivity index (χ1v) is 8.64. The summed E-state index contributed by atoms with van der Waals surface area (Å²) < 4.78 is 1.52. The summed E-state index contributed by atoms with van der Waals surface area (Å²) >= 11 is 0. The van der Waals surface area contributed by atoms with Gasteiger partial charge in [-0.05, 0) is 18.3 Å². The van der Waals surface area contributed by atoms with Gasteiger partial charge < -0.3 is 10.6 Å². The Labute approximate surface area is 147 Å². The third-order valence-corrected chi connectivity index (χ3v) is 4.59. The van der Waals surface area contributed by atoms with Gasteiger partial charge in [-0.1, -0.05) is 44.2 Å². The Morgan fingerprint density at radius 3 is 2.40 bits per heavy atom. The fourth-order valence-corrected chi connectivity index (χ4v) is 3.60. The second-order valence-corrected chi connectivity index (χ2v) is 7.06. The smallest absolute Gasteiger partial charge is 0.252 e. The Kier molecular flexibility index (Phi) is 4.88. The van der Waals surface area contributed by atoms with Gasteiger partial charge in [0.2, 0.25) is 5.91 Å². The topological polar surface area (TPSA) is 81.2 Å². The number of carbonyl (C=O) groups is 2. The molecule has 2 heterocycles. The van der Waals surface area contributed by atoms with Crippen molar-refractivity contribution >= 4 is 11.8 Å². The van der Waals surface area contributed by atoms with Crippen LogP contribution in [0.15, 0.2) is 36.5 Å². The first-order valence-electron chi connectivity index (χ1n) is 8.64. The lowest BCUT2D eigenvalue weighted by molar-refractivity contribution is -0.134. The molecule has 2 atom stereocenters. The SMILES string of the molecule is CC1CC(C)CN(C(=O)Cn2cc(C(N)=O)c(-c3ccccc3)n2)C1. The Morgan fingerprint density at radius 2 is 1.80 bits per heavy atom. The van der Waals surface area contributed by atoms with Crippen LogP contribution in [0.3, 0.4) is 0 Å².